The standard InChI is InChI=1S/C16H24N2O/c1-3-14-6-7-16(19-2)15(13-14)5-4-10-18-11-8-17-9-12-18/h4-7,13,17H,3,8-12H2,1-2H3/b5-4+. The topological polar surface area (TPSA) is 24.5 Å². The van der Waals surface area contributed by atoms with Gasteiger partial charge < -0.3 is 10.1 Å². The number of hydrogen-bond donors (Lipinski definition) is 1. The summed E-state index contributed by atoms with van der Waals surface area (Å²) in [5, 5.41) is 3.37. The molecule has 1 fully saturated rings. The van der Waals surface area contributed by atoms with E-state index in [4.69, 9.17) is 4.74 Å². The van der Waals surface area contributed by atoms with Crippen LogP contribution in [0.1, 0.15) is 18.1 Å². The Morgan fingerprint density at radius 1 is 1.32 bits per heavy atom. The van der Waals surface area contributed by atoms with Gasteiger partial charge in [-0.2, -0.15) is 0 Å². The van der Waals surface area contributed by atoms with Crippen LogP contribution in [0.2, 0.25) is 0 Å². The van der Waals surface area contributed by atoms with Crippen molar-refractivity contribution in [3.8, 4) is 5.75 Å². The van der Waals surface area contributed by atoms with Crippen molar-refractivity contribution < 1.29 is 4.74 Å². The average molecular weight is 260 g/mol. The van der Waals surface area contributed by atoms with Gasteiger partial charge in [0.05, 0.1) is 7.11 Å². The molecule has 1 saturated heterocycles. The van der Waals surface area contributed by atoms with Crippen LogP contribution in [0.5, 0.6) is 5.75 Å². The Bertz CT molecular complexity index is 423. The van der Waals surface area contributed by atoms with Gasteiger partial charge in [-0.05, 0) is 24.1 Å². The summed E-state index contributed by atoms with van der Waals surface area (Å²) in [5.41, 5.74) is 2.53. The number of nitrogens with one attached hydrogen (secondary N) is 1. The fourth-order valence-electron chi connectivity index (χ4n) is 2.36. The molecule has 2 rings (SSSR count). The molecule has 1 aromatic carbocycles. The molecule has 1 aliphatic rings. The smallest absolute Gasteiger partial charge is 0.126 e. The number of benzene rings is 1. The van der Waals surface area contributed by atoms with Crippen LogP contribution in [0.3, 0.4) is 0 Å². The molecule has 0 saturated carbocycles. The van der Waals surface area contributed by atoms with Gasteiger partial charge in [0.25, 0.3) is 0 Å². The first-order chi connectivity index (χ1) is 9.33. The summed E-state index contributed by atoms with van der Waals surface area (Å²) in [4.78, 5) is 2.46. The van der Waals surface area contributed by atoms with Crippen molar-refractivity contribution in [2.24, 2.45) is 0 Å². The van der Waals surface area contributed by atoms with E-state index in [1.54, 1.807) is 7.11 Å². The summed E-state index contributed by atoms with van der Waals surface area (Å²) >= 11 is 0. The molecular formula is C16H24N2O. The quantitative estimate of drug-likeness (QED) is 0.878. The maximum Gasteiger partial charge on any atom is 0.126 e. The molecule has 104 valence electrons. The zero-order chi connectivity index (χ0) is 13.5. The van der Waals surface area contributed by atoms with Crippen molar-refractivity contribution in [1.82, 2.24) is 10.2 Å². The SMILES string of the molecule is CCc1ccc(OC)c(/C=C/CN2CCNCC2)c1. The Morgan fingerprint density at radius 3 is 2.79 bits per heavy atom. The van der Waals surface area contributed by atoms with Crippen molar-refractivity contribution in [3.63, 3.8) is 0 Å². The largest absolute Gasteiger partial charge is 0.496 e. The highest BCUT2D eigenvalue weighted by Crippen LogP contribution is 2.21. The maximum atomic E-state index is 5.41. The molecule has 0 spiro atoms. The predicted octanol–water partition coefficient (Wildman–Crippen LogP) is 2.18. The van der Waals surface area contributed by atoms with Crippen LogP contribution < -0.4 is 10.1 Å². The Hall–Kier alpha value is -1.32. The number of rotatable bonds is 5. The number of aryl methyl sites for hydroxylation is 1. The minimum atomic E-state index is 0.953. The third kappa shape index (κ3) is 4.08. The van der Waals surface area contributed by atoms with E-state index < -0.39 is 0 Å². The molecule has 1 heterocycles. The van der Waals surface area contributed by atoms with E-state index in [0.717, 1.165) is 44.9 Å². The Labute approximate surface area is 116 Å². The van der Waals surface area contributed by atoms with Gasteiger partial charge in [-0.15, -0.1) is 0 Å². The van der Waals surface area contributed by atoms with Gasteiger partial charge >= 0.3 is 0 Å². The molecule has 0 aliphatic carbocycles. The fraction of sp³-hybridized carbons (Fsp3) is 0.500. The first kappa shape index (κ1) is 14.1. The third-order valence-corrected chi connectivity index (χ3v) is 3.57. The molecule has 1 N–H and O–H groups in total. The van der Waals surface area contributed by atoms with Crippen LogP contribution in [-0.2, 0) is 6.42 Å². The summed E-state index contributed by atoms with van der Waals surface area (Å²) in [7, 11) is 1.73. The predicted molar refractivity (Wildman–Crippen MR) is 80.7 cm³/mol. The van der Waals surface area contributed by atoms with E-state index in [1.807, 2.05) is 0 Å². The van der Waals surface area contributed by atoms with Gasteiger partial charge in [-0.1, -0.05) is 25.1 Å². The molecule has 1 aliphatic heterocycles. The van der Waals surface area contributed by atoms with E-state index in [-0.39, 0.29) is 0 Å². The third-order valence-electron chi connectivity index (χ3n) is 3.57. The highest BCUT2D eigenvalue weighted by molar-refractivity contribution is 5.58. The zero-order valence-corrected chi connectivity index (χ0v) is 12.0. The van der Waals surface area contributed by atoms with Crippen LogP contribution in [0.25, 0.3) is 6.08 Å². The summed E-state index contributed by atoms with van der Waals surface area (Å²) in [6, 6.07) is 6.41. The van der Waals surface area contributed by atoms with Gasteiger partial charge in [0, 0.05) is 38.3 Å². The second-order valence-corrected chi connectivity index (χ2v) is 4.88. The second kappa shape index (κ2) is 7.31. The Kier molecular flexibility index (Phi) is 5.43. The number of hydrogen-bond acceptors (Lipinski definition) is 3. The molecule has 0 bridgehead atoms. The molecule has 0 aromatic heterocycles. The summed E-state index contributed by atoms with van der Waals surface area (Å²) in [6.45, 7) is 7.66. The molecule has 1 aromatic rings. The van der Waals surface area contributed by atoms with E-state index in [0.29, 0.717) is 0 Å². The number of ether oxygens (including phenoxy) is 1. The Morgan fingerprint density at radius 2 is 2.11 bits per heavy atom. The molecule has 0 radical (unpaired) electrons. The molecule has 3 heteroatoms. The number of nitrogens with zero attached hydrogens (tertiary/aromatic N) is 1. The molecule has 0 amide bonds. The van der Waals surface area contributed by atoms with Crippen LogP contribution in [0.4, 0.5) is 0 Å². The minimum Gasteiger partial charge on any atom is -0.496 e. The van der Waals surface area contributed by atoms with Crippen LogP contribution in [0, 0.1) is 0 Å². The van der Waals surface area contributed by atoms with Crippen molar-refractivity contribution in [2.45, 2.75) is 13.3 Å². The van der Waals surface area contributed by atoms with Gasteiger partial charge in [-0.25, -0.2) is 0 Å². The van der Waals surface area contributed by atoms with Crippen molar-refractivity contribution >= 4 is 6.08 Å². The van der Waals surface area contributed by atoms with E-state index >= 15 is 0 Å². The lowest BCUT2D eigenvalue weighted by Gasteiger charge is -2.25. The highest BCUT2D eigenvalue weighted by Gasteiger charge is 2.07. The molecule has 19 heavy (non-hydrogen) atoms. The first-order valence-electron chi connectivity index (χ1n) is 7.10. The van der Waals surface area contributed by atoms with Gasteiger partial charge in [0.15, 0.2) is 0 Å². The monoisotopic (exact) mass is 260 g/mol. The highest BCUT2D eigenvalue weighted by atomic mass is 16.5. The lowest BCUT2D eigenvalue weighted by atomic mass is 10.1. The summed E-state index contributed by atoms with van der Waals surface area (Å²) in [6.07, 6.45) is 5.48. The second-order valence-electron chi connectivity index (χ2n) is 4.88. The van der Waals surface area contributed by atoms with E-state index in [9.17, 15) is 0 Å². The molecular weight excluding hydrogens is 236 g/mol. The average Bonchev–Trinajstić information content (AvgIpc) is 2.48. The van der Waals surface area contributed by atoms with Gasteiger partial charge in [0.2, 0.25) is 0 Å². The Balaban J connectivity index is 1.99. The zero-order valence-electron chi connectivity index (χ0n) is 12.0. The summed E-state index contributed by atoms with van der Waals surface area (Å²) in [5.74, 6) is 0.953. The number of methoxy groups -OCH3 is 1. The van der Waals surface area contributed by atoms with E-state index in [2.05, 4.69) is 47.5 Å². The lowest BCUT2D eigenvalue weighted by Crippen LogP contribution is -2.43. The fourth-order valence-corrected chi connectivity index (χ4v) is 2.36. The lowest BCUT2D eigenvalue weighted by molar-refractivity contribution is 0.265. The number of piperazine rings is 1. The summed E-state index contributed by atoms with van der Waals surface area (Å²) < 4.78 is 5.41. The van der Waals surface area contributed by atoms with Crippen LogP contribution >= 0.6 is 0 Å². The first-order valence-corrected chi connectivity index (χ1v) is 7.10. The molecule has 3 nitrogen and oxygen atoms in total. The van der Waals surface area contributed by atoms with Gasteiger partial charge in [0.1, 0.15) is 5.75 Å². The maximum absolute atomic E-state index is 5.41. The van der Waals surface area contributed by atoms with E-state index in [1.165, 1.54) is 11.1 Å². The molecule has 0 unspecified atom stereocenters. The minimum absolute atomic E-state index is 0.953. The van der Waals surface area contributed by atoms with Crippen molar-refractivity contribution in [1.29, 1.82) is 0 Å². The van der Waals surface area contributed by atoms with Crippen molar-refractivity contribution in [3.05, 3.63) is 35.4 Å². The van der Waals surface area contributed by atoms with Crippen LogP contribution in [0.15, 0.2) is 24.3 Å². The van der Waals surface area contributed by atoms with Crippen molar-refractivity contribution in [2.75, 3.05) is 39.8 Å². The molecule has 0 atom stereocenters. The van der Waals surface area contributed by atoms with Gasteiger partial charge in [-0.3, -0.25) is 4.90 Å². The van der Waals surface area contributed by atoms with Crippen LogP contribution in [-0.4, -0.2) is 44.7 Å². The normalized spacial score (nSPS) is 16.9.